The molecule has 4 N–H and O–H groups in total. The van der Waals surface area contributed by atoms with Crippen molar-refractivity contribution >= 4 is 0 Å². The van der Waals surface area contributed by atoms with Crippen molar-refractivity contribution in [3.63, 3.8) is 0 Å². The number of aliphatic hydroxyl groups excluding tert-OH is 1. The van der Waals surface area contributed by atoms with Crippen molar-refractivity contribution in [1.82, 2.24) is 5.32 Å². The van der Waals surface area contributed by atoms with E-state index in [0.29, 0.717) is 31.2 Å². The lowest BCUT2D eigenvalue weighted by Crippen LogP contribution is -2.53. The second kappa shape index (κ2) is 5.99. The number of nitrogens with two attached hydrogens (primary N) is 1. The first-order chi connectivity index (χ1) is 7.49. The summed E-state index contributed by atoms with van der Waals surface area (Å²) >= 11 is 0. The monoisotopic (exact) mass is 228 g/mol. The molecule has 3 heteroatoms. The molecule has 3 unspecified atom stereocenters. The van der Waals surface area contributed by atoms with Gasteiger partial charge in [-0.15, -0.1) is 0 Å². The van der Waals surface area contributed by atoms with Gasteiger partial charge in [0, 0.05) is 25.2 Å². The fraction of sp³-hybridized carbons (Fsp3) is 1.00. The highest BCUT2D eigenvalue weighted by molar-refractivity contribution is 4.88. The molecule has 0 radical (unpaired) electrons. The van der Waals surface area contributed by atoms with E-state index in [0.717, 1.165) is 6.42 Å². The lowest BCUT2D eigenvalue weighted by molar-refractivity contribution is 0.128. The summed E-state index contributed by atoms with van der Waals surface area (Å²) in [6.45, 7) is 7.62. The molecule has 16 heavy (non-hydrogen) atoms. The largest absolute Gasteiger partial charge is 0.396 e. The van der Waals surface area contributed by atoms with Gasteiger partial charge in [0.05, 0.1) is 0 Å². The van der Waals surface area contributed by atoms with Crippen LogP contribution in [-0.4, -0.2) is 30.3 Å². The highest BCUT2D eigenvalue weighted by atomic mass is 16.3. The minimum Gasteiger partial charge on any atom is -0.396 e. The minimum atomic E-state index is 0.187. The van der Waals surface area contributed by atoms with Gasteiger partial charge < -0.3 is 16.2 Å². The van der Waals surface area contributed by atoms with Gasteiger partial charge in [-0.2, -0.15) is 0 Å². The van der Waals surface area contributed by atoms with E-state index in [4.69, 9.17) is 5.73 Å². The van der Waals surface area contributed by atoms with Crippen LogP contribution in [0.25, 0.3) is 0 Å². The molecule has 0 aromatic rings. The Hall–Kier alpha value is -0.120. The zero-order chi connectivity index (χ0) is 12.2. The molecule has 1 fully saturated rings. The first kappa shape index (κ1) is 13.9. The molecule has 1 saturated carbocycles. The Morgan fingerprint density at radius 3 is 2.44 bits per heavy atom. The standard InChI is InChI=1S/C13H28N2O/c1-13(2,3)12(8-14)15-11-7-5-4-6-10(11)9-16/h10-12,15-16H,4-9,14H2,1-3H3. The summed E-state index contributed by atoms with van der Waals surface area (Å²) in [5, 5.41) is 13.0. The Bertz CT molecular complexity index is 201. The Labute approximate surface area is 99.8 Å². The molecular formula is C13H28N2O. The van der Waals surface area contributed by atoms with Crippen LogP contribution in [0.4, 0.5) is 0 Å². The maximum atomic E-state index is 9.38. The third-order valence-electron chi connectivity index (χ3n) is 3.84. The summed E-state index contributed by atoms with van der Waals surface area (Å²) in [7, 11) is 0. The molecule has 96 valence electrons. The maximum Gasteiger partial charge on any atom is 0.0474 e. The summed E-state index contributed by atoms with van der Waals surface area (Å²) in [5.41, 5.74) is 6.02. The fourth-order valence-electron chi connectivity index (χ4n) is 2.58. The van der Waals surface area contributed by atoms with Gasteiger partial charge in [0.2, 0.25) is 0 Å². The molecule has 0 aromatic heterocycles. The molecule has 0 amide bonds. The van der Waals surface area contributed by atoms with Crippen LogP contribution < -0.4 is 11.1 Å². The van der Waals surface area contributed by atoms with E-state index in [-0.39, 0.29) is 5.41 Å². The summed E-state index contributed by atoms with van der Waals surface area (Å²) in [6, 6.07) is 0.788. The molecule has 0 heterocycles. The third-order valence-corrected chi connectivity index (χ3v) is 3.84. The Morgan fingerprint density at radius 2 is 1.94 bits per heavy atom. The van der Waals surface area contributed by atoms with Crippen molar-refractivity contribution in [2.24, 2.45) is 17.1 Å². The van der Waals surface area contributed by atoms with Crippen molar-refractivity contribution in [2.75, 3.05) is 13.2 Å². The molecule has 0 saturated heterocycles. The van der Waals surface area contributed by atoms with Crippen LogP contribution in [0.3, 0.4) is 0 Å². The molecular weight excluding hydrogens is 200 g/mol. The van der Waals surface area contributed by atoms with Crippen LogP contribution in [-0.2, 0) is 0 Å². The molecule has 3 nitrogen and oxygen atoms in total. The molecule has 0 aliphatic heterocycles. The summed E-state index contributed by atoms with van der Waals surface area (Å²) in [5.74, 6) is 0.421. The molecule has 1 aliphatic rings. The highest BCUT2D eigenvalue weighted by Gasteiger charge is 2.30. The quantitative estimate of drug-likeness (QED) is 0.683. The zero-order valence-electron chi connectivity index (χ0n) is 11.0. The van der Waals surface area contributed by atoms with Gasteiger partial charge in [-0.1, -0.05) is 33.6 Å². The van der Waals surface area contributed by atoms with Gasteiger partial charge in [-0.25, -0.2) is 0 Å². The molecule has 3 atom stereocenters. The second-order valence-corrected chi connectivity index (χ2v) is 6.15. The van der Waals surface area contributed by atoms with Crippen molar-refractivity contribution in [1.29, 1.82) is 0 Å². The zero-order valence-corrected chi connectivity index (χ0v) is 11.0. The van der Waals surface area contributed by atoms with Crippen LogP contribution in [0.15, 0.2) is 0 Å². The Balaban J connectivity index is 2.55. The topological polar surface area (TPSA) is 58.3 Å². The van der Waals surface area contributed by atoms with E-state index in [1.54, 1.807) is 0 Å². The van der Waals surface area contributed by atoms with Gasteiger partial charge in [0.15, 0.2) is 0 Å². The minimum absolute atomic E-state index is 0.187. The Morgan fingerprint density at radius 1 is 1.31 bits per heavy atom. The van der Waals surface area contributed by atoms with Crippen molar-refractivity contribution < 1.29 is 5.11 Å². The number of hydrogen-bond donors (Lipinski definition) is 3. The van der Waals surface area contributed by atoms with E-state index in [9.17, 15) is 5.11 Å². The average molecular weight is 228 g/mol. The van der Waals surface area contributed by atoms with E-state index < -0.39 is 0 Å². The van der Waals surface area contributed by atoms with Crippen molar-refractivity contribution in [3.8, 4) is 0 Å². The predicted octanol–water partition coefficient (Wildman–Crippen LogP) is 1.50. The van der Waals surface area contributed by atoms with Gasteiger partial charge in [0.1, 0.15) is 0 Å². The number of aliphatic hydroxyl groups is 1. The van der Waals surface area contributed by atoms with Crippen LogP contribution in [0.5, 0.6) is 0 Å². The number of hydrogen-bond acceptors (Lipinski definition) is 3. The maximum absolute atomic E-state index is 9.38. The summed E-state index contributed by atoms with van der Waals surface area (Å²) < 4.78 is 0. The number of nitrogens with one attached hydrogen (secondary N) is 1. The van der Waals surface area contributed by atoms with Crippen LogP contribution in [0.2, 0.25) is 0 Å². The van der Waals surface area contributed by atoms with E-state index in [1.807, 2.05) is 0 Å². The second-order valence-electron chi connectivity index (χ2n) is 6.15. The molecule has 0 bridgehead atoms. The van der Waals surface area contributed by atoms with E-state index >= 15 is 0 Å². The normalized spacial score (nSPS) is 29.1. The third kappa shape index (κ3) is 3.72. The van der Waals surface area contributed by atoms with Crippen LogP contribution in [0, 0.1) is 11.3 Å². The smallest absolute Gasteiger partial charge is 0.0474 e. The predicted molar refractivity (Wildman–Crippen MR) is 68.3 cm³/mol. The van der Waals surface area contributed by atoms with Gasteiger partial charge in [0.25, 0.3) is 0 Å². The molecule has 0 aromatic carbocycles. The number of rotatable bonds is 4. The van der Waals surface area contributed by atoms with Crippen molar-refractivity contribution in [3.05, 3.63) is 0 Å². The van der Waals surface area contributed by atoms with E-state index in [1.165, 1.54) is 19.3 Å². The molecule has 1 rings (SSSR count). The SMILES string of the molecule is CC(C)(C)C(CN)NC1CCCCC1CO. The average Bonchev–Trinajstić information content (AvgIpc) is 2.24. The molecule has 0 spiro atoms. The lowest BCUT2D eigenvalue weighted by atomic mass is 9.81. The van der Waals surface area contributed by atoms with Gasteiger partial charge in [-0.3, -0.25) is 0 Å². The van der Waals surface area contributed by atoms with Crippen LogP contribution in [0.1, 0.15) is 46.5 Å². The molecule has 1 aliphatic carbocycles. The fourth-order valence-corrected chi connectivity index (χ4v) is 2.58. The van der Waals surface area contributed by atoms with Crippen molar-refractivity contribution in [2.45, 2.75) is 58.5 Å². The van der Waals surface area contributed by atoms with Crippen LogP contribution >= 0.6 is 0 Å². The van der Waals surface area contributed by atoms with Gasteiger partial charge in [-0.05, 0) is 24.2 Å². The first-order valence-corrected chi connectivity index (χ1v) is 6.56. The lowest BCUT2D eigenvalue weighted by Gasteiger charge is -2.39. The summed E-state index contributed by atoms with van der Waals surface area (Å²) in [4.78, 5) is 0. The van der Waals surface area contributed by atoms with Gasteiger partial charge >= 0.3 is 0 Å². The van der Waals surface area contributed by atoms with E-state index in [2.05, 4.69) is 26.1 Å². The Kier molecular flexibility index (Phi) is 5.22. The highest BCUT2D eigenvalue weighted by Crippen LogP contribution is 2.27. The summed E-state index contributed by atoms with van der Waals surface area (Å²) in [6.07, 6.45) is 4.86. The first-order valence-electron chi connectivity index (χ1n) is 6.56.